The summed E-state index contributed by atoms with van der Waals surface area (Å²) in [6, 6.07) is 0. The van der Waals surface area contributed by atoms with Gasteiger partial charge in [0.25, 0.3) is 0 Å². The molecule has 0 radical (unpaired) electrons. The fourth-order valence-corrected chi connectivity index (χ4v) is 1.15. The minimum atomic E-state index is -0.395. The summed E-state index contributed by atoms with van der Waals surface area (Å²) in [5, 5.41) is 9.08. The van der Waals surface area contributed by atoms with Gasteiger partial charge in [0.15, 0.2) is 0 Å². The van der Waals surface area contributed by atoms with Gasteiger partial charge in [0.1, 0.15) is 5.78 Å². The molecule has 0 aromatic heterocycles. The molecular weight excluding hydrogens is 129 g/mol. The highest BCUT2D eigenvalue weighted by molar-refractivity contribution is 6.45. The molecule has 1 aliphatic heterocycles. The van der Waals surface area contributed by atoms with Crippen molar-refractivity contribution < 1.29 is 9.82 Å². The second-order valence-corrected chi connectivity index (χ2v) is 2.71. The summed E-state index contributed by atoms with van der Waals surface area (Å²) in [6.07, 6.45) is 1.20. The fourth-order valence-electron chi connectivity index (χ4n) is 1.15. The molecule has 0 aromatic carbocycles. The van der Waals surface area contributed by atoms with Crippen LogP contribution in [0.25, 0.3) is 0 Å². The summed E-state index contributed by atoms with van der Waals surface area (Å²) in [5.41, 5.74) is 0. The zero-order valence-corrected chi connectivity index (χ0v) is 6.21. The van der Waals surface area contributed by atoms with Crippen molar-refractivity contribution in [3.8, 4) is 0 Å². The number of hydrogen-bond donors (Lipinski definition) is 1. The average molecular weight is 141 g/mol. The molecule has 0 saturated carbocycles. The molecule has 1 fully saturated rings. The van der Waals surface area contributed by atoms with Crippen molar-refractivity contribution >= 4 is 12.8 Å². The van der Waals surface area contributed by atoms with Gasteiger partial charge in [0.2, 0.25) is 0 Å². The van der Waals surface area contributed by atoms with E-state index in [0.29, 0.717) is 18.6 Å². The van der Waals surface area contributed by atoms with Crippen LogP contribution >= 0.6 is 0 Å². The summed E-state index contributed by atoms with van der Waals surface area (Å²) in [6.45, 7) is 3.17. The van der Waals surface area contributed by atoms with Crippen molar-refractivity contribution in [2.45, 2.75) is 19.7 Å². The topological polar surface area (TPSA) is 40.5 Å². The highest BCUT2D eigenvalue weighted by atomic mass is 16.2. The van der Waals surface area contributed by atoms with Crippen LogP contribution in [0.4, 0.5) is 0 Å². The Bertz CT molecular complexity index is 128. The highest BCUT2D eigenvalue weighted by Gasteiger charge is 2.21. The van der Waals surface area contributed by atoms with Crippen molar-refractivity contribution in [2.75, 3.05) is 13.1 Å². The van der Waals surface area contributed by atoms with Gasteiger partial charge in [-0.15, -0.1) is 0 Å². The molecule has 0 aromatic rings. The maximum Gasteiger partial charge on any atom is 0.376 e. The van der Waals surface area contributed by atoms with Crippen molar-refractivity contribution in [1.82, 2.24) is 4.81 Å². The molecule has 3 nitrogen and oxygen atoms in total. The molecule has 0 spiro atoms. The third kappa shape index (κ3) is 1.82. The highest BCUT2D eigenvalue weighted by Crippen LogP contribution is 2.05. The Labute approximate surface area is 61.2 Å². The summed E-state index contributed by atoms with van der Waals surface area (Å²) in [7, 11) is -0.395. The molecule has 1 N–H and O–H groups in total. The molecular formula is C6H12BNO2. The quantitative estimate of drug-likeness (QED) is 0.512. The van der Waals surface area contributed by atoms with E-state index < -0.39 is 7.05 Å². The molecule has 10 heavy (non-hydrogen) atoms. The Hall–Kier alpha value is -0.345. The normalized spacial score (nSPS) is 21.2. The first-order valence-corrected chi connectivity index (χ1v) is 3.64. The lowest BCUT2D eigenvalue weighted by atomic mass is 9.83. The Morgan fingerprint density at radius 2 is 2.00 bits per heavy atom. The first-order chi connectivity index (χ1) is 4.70. The van der Waals surface area contributed by atoms with Gasteiger partial charge in [-0.05, 0) is 19.9 Å². The standard InChI is InChI=1S/C6H12BNO2/c1-7(10)8-4-2-6(9)3-5-8/h10H,2-5H2,1H3. The van der Waals surface area contributed by atoms with Gasteiger partial charge in [-0.1, -0.05) is 0 Å². The Kier molecular flexibility index (Phi) is 2.46. The van der Waals surface area contributed by atoms with E-state index in [1.165, 1.54) is 0 Å². The lowest BCUT2D eigenvalue weighted by Gasteiger charge is -2.26. The predicted octanol–water partition coefficient (Wildman–Crippen LogP) is -0.238. The van der Waals surface area contributed by atoms with E-state index in [2.05, 4.69) is 0 Å². The Balaban J connectivity index is 2.33. The Morgan fingerprint density at radius 3 is 2.40 bits per heavy atom. The monoisotopic (exact) mass is 141 g/mol. The number of piperidine rings is 1. The average Bonchev–Trinajstić information content (AvgIpc) is 1.88. The summed E-state index contributed by atoms with van der Waals surface area (Å²) < 4.78 is 0. The second-order valence-electron chi connectivity index (χ2n) is 2.71. The molecule has 1 heterocycles. The largest absolute Gasteiger partial charge is 0.437 e. The van der Waals surface area contributed by atoms with Crippen LogP contribution in [0.2, 0.25) is 6.82 Å². The van der Waals surface area contributed by atoms with Crippen LogP contribution in [-0.4, -0.2) is 35.8 Å². The number of hydrogen-bond acceptors (Lipinski definition) is 3. The van der Waals surface area contributed by atoms with E-state index in [0.717, 1.165) is 13.1 Å². The third-order valence-electron chi connectivity index (χ3n) is 1.88. The van der Waals surface area contributed by atoms with E-state index >= 15 is 0 Å². The zero-order valence-electron chi connectivity index (χ0n) is 6.21. The zero-order chi connectivity index (χ0) is 7.56. The van der Waals surface area contributed by atoms with Crippen molar-refractivity contribution in [2.24, 2.45) is 0 Å². The smallest absolute Gasteiger partial charge is 0.376 e. The van der Waals surface area contributed by atoms with Crippen molar-refractivity contribution in [1.29, 1.82) is 0 Å². The Morgan fingerprint density at radius 1 is 1.50 bits per heavy atom. The van der Waals surface area contributed by atoms with Gasteiger partial charge in [0, 0.05) is 12.8 Å². The summed E-state index contributed by atoms with van der Waals surface area (Å²) in [4.78, 5) is 12.6. The van der Waals surface area contributed by atoms with Crippen LogP contribution in [0.5, 0.6) is 0 Å². The number of nitrogens with zero attached hydrogens (tertiary/aromatic N) is 1. The van der Waals surface area contributed by atoms with Crippen LogP contribution in [0.1, 0.15) is 12.8 Å². The van der Waals surface area contributed by atoms with Gasteiger partial charge in [0.05, 0.1) is 0 Å². The molecule has 4 heteroatoms. The fraction of sp³-hybridized carbons (Fsp3) is 0.833. The van der Waals surface area contributed by atoms with E-state index in [1.54, 1.807) is 6.82 Å². The van der Waals surface area contributed by atoms with Gasteiger partial charge >= 0.3 is 7.05 Å². The van der Waals surface area contributed by atoms with Gasteiger partial charge in [-0.2, -0.15) is 0 Å². The number of rotatable bonds is 1. The molecule has 1 saturated heterocycles. The molecule has 56 valence electrons. The number of Topliss-reactive ketones (excluding diaryl/α,β-unsaturated/α-hetero) is 1. The van der Waals surface area contributed by atoms with E-state index in [1.807, 2.05) is 4.81 Å². The SMILES string of the molecule is CB(O)N1CCC(=O)CC1. The minimum Gasteiger partial charge on any atom is -0.437 e. The lowest BCUT2D eigenvalue weighted by molar-refractivity contribution is -0.120. The van der Waals surface area contributed by atoms with Gasteiger partial charge in [-0.3, -0.25) is 4.79 Å². The molecule has 0 aliphatic carbocycles. The van der Waals surface area contributed by atoms with Gasteiger partial charge in [-0.25, -0.2) is 0 Å². The molecule has 0 amide bonds. The van der Waals surface area contributed by atoms with Gasteiger partial charge < -0.3 is 9.83 Å². The predicted molar refractivity (Wildman–Crippen MR) is 39.7 cm³/mol. The first-order valence-electron chi connectivity index (χ1n) is 3.64. The molecule has 0 atom stereocenters. The third-order valence-corrected chi connectivity index (χ3v) is 1.88. The first kappa shape index (κ1) is 7.76. The van der Waals surface area contributed by atoms with Crippen LogP contribution in [0.15, 0.2) is 0 Å². The van der Waals surface area contributed by atoms with Crippen LogP contribution < -0.4 is 0 Å². The molecule has 1 rings (SSSR count). The number of carbonyl (C=O) groups excluding carboxylic acids is 1. The van der Waals surface area contributed by atoms with Crippen LogP contribution in [0.3, 0.4) is 0 Å². The molecule has 0 unspecified atom stereocenters. The van der Waals surface area contributed by atoms with E-state index in [9.17, 15) is 4.79 Å². The summed E-state index contributed by atoms with van der Waals surface area (Å²) >= 11 is 0. The lowest BCUT2D eigenvalue weighted by Crippen LogP contribution is -2.43. The molecule has 1 aliphatic rings. The van der Waals surface area contributed by atoms with Crippen molar-refractivity contribution in [3.05, 3.63) is 0 Å². The maximum absolute atomic E-state index is 10.7. The maximum atomic E-state index is 10.7. The number of carbonyl (C=O) groups is 1. The van der Waals surface area contributed by atoms with E-state index in [-0.39, 0.29) is 0 Å². The number of ketones is 1. The van der Waals surface area contributed by atoms with E-state index in [4.69, 9.17) is 5.02 Å². The van der Waals surface area contributed by atoms with Crippen molar-refractivity contribution in [3.63, 3.8) is 0 Å². The minimum absolute atomic E-state index is 0.317. The second kappa shape index (κ2) is 3.17. The summed E-state index contributed by atoms with van der Waals surface area (Å²) in [5.74, 6) is 0.317. The van der Waals surface area contributed by atoms with Crippen LogP contribution in [0, 0.1) is 0 Å². The van der Waals surface area contributed by atoms with Crippen LogP contribution in [-0.2, 0) is 4.79 Å². The molecule has 0 bridgehead atoms.